The number of nitrogens with one attached hydrogen (secondary N) is 1. The van der Waals surface area contributed by atoms with Crippen molar-refractivity contribution in [1.29, 1.82) is 0 Å². The second-order valence-corrected chi connectivity index (χ2v) is 5.31. The van der Waals surface area contributed by atoms with E-state index >= 15 is 0 Å². The van der Waals surface area contributed by atoms with E-state index < -0.39 is 17.9 Å². The highest BCUT2D eigenvalue weighted by molar-refractivity contribution is 5.98. The monoisotopic (exact) mass is 292 g/mol. The summed E-state index contributed by atoms with van der Waals surface area (Å²) < 4.78 is 0. The molecule has 0 fully saturated rings. The molecule has 0 bridgehead atoms. The number of hydrogen-bond donors (Lipinski definition) is 2. The third-order valence-electron chi connectivity index (χ3n) is 3.02. The zero-order valence-electron chi connectivity index (χ0n) is 12.6. The highest BCUT2D eigenvalue weighted by Gasteiger charge is 2.24. The Labute approximate surface area is 123 Å². The molecular weight excluding hydrogens is 272 g/mol. The number of carbonyl (C=O) groups is 3. The van der Waals surface area contributed by atoms with E-state index in [1.54, 1.807) is 40.1 Å². The number of carboxylic acid groups (broad SMARTS) is 1. The van der Waals surface area contributed by atoms with Gasteiger partial charge in [-0.05, 0) is 30.2 Å². The molecule has 0 radical (unpaired) electrons. The molecule has 0 aliphatic heterocycles. The van der Waals surface area contributed by atoms with E-state index in [0.29, 0.717) is 11.1 Å². The van der Waals surface area contributed by atoms with Crippen molar-refractivity contribution < 1.29 is 19.5 Å². The van der Waals surface area contributed by atoms with Gasteiger partial charge in [0.15, 0.2) is 0 Å². The van der Waals surface area contributed by atoms with Gasteiger partial charge < -0.3 is 15.3 Å². The fourth-order valence-corrected chi connectivity index (χ4v) is 1.76. The molecule has 6 nitrogen and oxygen atoms in total. The second kappa shape index (κ2) is 6.88. The lowest BCUT2D eigenvalue weighted by molar-refractivity contribution is -0.140. The van der Waals surface area contributed by atoms with Gasteiger partial charge >= 0.3 is 5.97 Å². The minimum Gasteiger partial charge on any atom is -0.480 e. The van der Waals surface area contributed by atoms with Crippen LogP contribution in [0, 0.1) is 5.92 Å². The van der Waals surface area contributed by atoms with Gasteiger partial charge in [-0.25, -0.2) is 4.79 Å². The summed E-state index contributed by atoms with van der Waals surface area (Å²) >= 11 is 0. The van der Waals surface area contributed by atoms with E-state index in [0.717, 1.165) is 0 Å². The van der Waals surface area contributed by atoms with Crippen molar-refractivity contribution >= 4 is 17.8 Å². The lowest BCUT2D eigenvalue weighted by Crippen LogP contribution is -2.44. The van der Waals surface area contributed by atoms with Crippen LogP contribution in [0.1, 0.15) is 34.6 Å². The van der Waals surface area contributed by atoms with Crippen LogP contribution in [0.3, 0.4) is 0 Å². The second-order valence-electron chi connectivity index (χ2n) is 5.31. The molecule has 0 aliphatic rings. The van der Waals surface area contributed by atoms with Crippen LogP contribution in [0.2, 0.25) is 0 Å². The van der Waals surface area contributed by atoms with Gasteiger partial charge in [-0.1, -0.05) is 13.8 Å². The lowest BCUT2D eigenvalue weighted by Gasteiger charge is -2.18. The van der Waals surface area contributed by atoms with Gasteiger partial charge in [0, 0.05) is 25.2 Å². The first kappa shape index (κ1) is 16.7. The summed E-state index contributed by atoms with van der Waals surface area (Å²) in [5.74, 6) is -1.92. The number of carboxylic acids is 1. The van der Waals surface area contributed by atoms with E-state index in [-0.39, 0.29) is 11.8 Å². The van der Waals surface area contributed by atoms with Crippen LogP contribution in [-0.2, 0) is 4.79 Å². The highest BCUT2D eigenvalue weighted by Crippen LogP contribution is 2.08. The van der Waals surface area contributed by atoms with Crippen LogP contribution >= 0.6 is 0 Å². The minimum atomic E-state index is -1.07. The van der Waals surface area contributed by atoms with E-state index in [1.165, 1.54) is 17.0 Å². The van der Waals surface area contributed by atoms with Crippen LogP contribution in [0.25, 0.3) is 0 Å². The number of aliphatic carboxylic acids is 1. The standard InChI is InChI=1S/C15H20N2O4/c1-9(2)12(15(20)21)16-13(18)10-5-7-11(8-6-10)14(19)17(3)4/h5-9,12H,1-4H3,(H,16,18)(H,20,21)/t12-/m1/s1. The maximum atomic E-state index is 12.0. The van der Waals surface area contributed by atoms with Gasteiger partial charge in [0.2, 0.25) is 0 Å². The van der Waals surface area contributed by atoms with Gasteiger partial charge in [0.1, 0.15) is 6.04 Å². The van der Waals surface area contributed by atoms with Gasteiger partial charge in [-0.2, -0.15) is 0 Å². The molecule has 0 unspecified atom stereocenters. The van der Waals surface area contributed by atoms with Crippen molar-refractivity contribution in [1.82, 2.24) is 10.2 Å². The quantitative estimate of drug-likeness (QED) is 0.854. The van der Waals surface area contributed by atoms with Crippen molar-refractivity contribution in [3.8, 4) is 0 Å². The van der Waals surface area contributed by atoms with Gasteiger partial charge in [-0.15, -0.1) is 0 Å². The Morgan fingerprint density at radius 3 is 1.90 bits per heavy atom. The Balaban J connectivity index is 2.84. The number of nitrogens with zero attached hydrogens (tertiary/aromatic N) is 1. The molecule has 0 aromatic heterocycles. The lowest BCUT2D eigenvalue weighted by atomic mass is 10.0. The third kappa shape index (κ3) is 4.30. The Hall–Kier alpha value is -2.37. The molecule has 0 saturated heterocycles. The molecule has 0 heterocycles. The maximum absolute atomic E-state index is 12.0. The fraction of sp³-hybridized carbons (Fsp3) is 0.400. The van der Waals surface area contributed by atoms with E-state index in [2.05, 4.69) is 5.32 Å². The number of amides is 2. The first-order valence-corrected chi connectivity index (χ1v) is 6.59. The van der Waals surface area contributed by atoms with E-state index in [4.69, 9.17) is 5.11 Å². The highest BCUT2D eigenvalue weighted by atomic mass is 16.4. The van der Waals surface area contributed by atoms with Crippen LogP contribution in [-0.4, -0.2) is 47.9 Å². The van der Waals surface area contributed by atoms with E-state index in [1.807, 2.05) is 0 Å². The van der Waals surface area contributed by atoms with Crippen LogP contribution < -0.4 is 5.32 Å². The molecule has 0 saturated carbocycles. The summed E-state index contributed by atoms with van der Waals surface area (Å²) in [6, 6.07) is 5.15. The largest absolute Gasteiger partial charge is 0.480 e. The number of rotatable bonds is 5. The maximum Gasteiger partial charge on any atom is 0.326 e. The fourth-order valence-electron chi connectivity index (χ4n) is 1.76. The smallest absolute Gasteiger partial charge is 0.326 e. The molecule has 114 valence electrons. The van der Waals surface area contributed by atoms with Crippen molar-refractivity contribution in [2.45, 2.75) is 19.9 Å². The first-order chi connectivity index (χ1) is 9.73. The number of benzene rings is 1. The Morgan fingerprint density at radius 2 is 1.52 bits per heavy atom. The normalized spacial score (nSPS) is 11.9. The minimum absolute atomic E-state index is 0.160. The van der Waals surface area contributed by atoms with Crippen molar-refractivity contribution in [2.24, 2.45) is 5.92 Å². The predicted octanol–water partition coefficient (Wildman–Crippen LogP) is 1.23. The Kier molecular flexibility index (Phi) is 5.46. The first-order valence-electron chi connectivity index (χ1n) is 6.59. The average Bonchev–Trinajstić information content (AvgIpc) is 2.42. The summed E-state index contributed by atoms with van der Waals surface area (Å²) in [5, 5.41) is 11.5. The number of carbonyl (C=O) groups excluding carboxylic acids is 2. The molecule has 0 aliphatic carbocycles. The number of hydrogen-bond acceptors (Lipinski definition) is 3. The molecule has 0 spiro atoms. The van der Waals surface area contributed by atoms with E-state index in [9.17, 15) is 14.4 Å². The molecule has 21 heavy (non-hydrogen) atoms. The Bertz CT molecular complexity index is 535. The predicted molar refractivity (Wildman–Crippen MR) is 78.2 cm³/mol. The molecule has 6 heteroatoms. The molecule has 1 atom stereocenters. The van der Waals surface area contributed by atoms with Gasteiger partial charge in [0.25, 0.3) is 11.8 Å². The SMILES string of the molecule is CC(C)[C@@H](NC(=O)c1ccc(C(=O)N(C)C)cc1)C(=O)O. The summed E-state index contributed by atoms with van der Waals surface area (Å²) in [5.41, 5.74) is 0.785. The summed E-state index contributed by atoms with van der Waals surface area (Å²) in [7, 11) is 3.28. The summed E-state index contributed by atoms with van der Waals surface area (Å²) in [6.07, 6.45) is 0. The molecule has 1 rings (SSSR count). The molecular formula is C15H20N2O4. The molecule has 2 amide bonds. The molecule has 1 aromatic carbocycles. The summed E-state index contributed by atoms with van der Waals surface area (Å²) in [6.45, 7) is 3.44. The van der Waals surface area contributed by atoms with Gasteiger partial charge in [0.05, 0.1) is 0 Å². The summed E-state index contributed by atoms with van der Waals surface area (Å²) in [4.78, 5) is 36.2. The van der Waals surface area contributed by atoms with Crippen LogP contribution in [0.15, 0.2) is 24.3 Å². The van der Waals surface area contributed by atoms with Crippen molar-refractivity contribution in [3.63, 3.8) is 0 Å². The average molecular weight is 292 g/mol. The third-order valence-corrected chi connectivity index (χ3v) is 3.02. The van der Waals surface area contributed by atoms with Gasteiger partial charge in [-0.3, -0.25) is 9.59 Å². The molecule has 1 aromatic rings. The van der Waals surface area contributed by atoms with Crippen LogP contribution in [0.4, 0.5) is 0 Å². The van der Waals surface area contributed by atoms with Crippen molar-refractivity contribution in [3.05, 3.63) is 35.4 Å². The van der Waals surface area contributed by atoms with Crippen molar-refractivity contribution in [2.75, 3.05) is 14.1 Å². The molecule has 2 N–H and O–H groups in total. The van der Waals surface area contributed by atoms with Crippen LogP contribution in [0.5, 0.6) is 0 Å². The topological polar surface area (TPSA) is 86.7 Å². The zero-order chi connectivity index (χ0) is 16.2. The zero-order valence-corrected chi connectivity index (χ0v) is 12.6. The Morgan fingerprint density at radius 1 is 1.05 bits per heavy atom.